The van der Waals surface area contributed by atoms with Crippen molar-refractivity contribution in [2.75, 3.05) is 6.26 Å². The number of hydrogen-bond acceptors (Lipinski definition) is 7. The minimum atomic E-state index is -3.42. The third-order valence-corrected chi connectivity index (χ3v) is 8.57. The summed E-state index contributed by atoms with van der Waals surface area (Å²) in [5, 5.41) is 11.7. The monoisotopic (exact) mass is 560 g/mol. The van der Waals surface area contributed by atoms with Gasteiger partial charge >= 0.3 is 0 Å². The van der Waals surface area contributed by atoms with E-state index < -0.39 is 32.5 Å². The van der Waals surface area contributed by atoms with E-state index in [1.54, 1.807) is 49.4 Å². The summed E-state index contributed by atoms with van der Waals surface area (Å²) in [6, 6.07) is 19.6. The summed E-state index contributed by atoms with van der Waals surface area (Å²) >= 11 is -1.76. The molecule has 0 fully saturated rings. The number of pyridine rings is 2. The van der Waals surface area contributed by atoms with E-state index in [1.165, 1.54) is 29.0 Å². The van der Waals surface area contributed by atoms with Crippen molar-refractivity contribution in [3.8, 4) is 11.8 Å². The lowest BCUT2D eigenvalue weighted by Crippen LogP contribution is -2.34. The van der Waals surface area contributed by atoms with Gasteiger partial charge in [-0.3, -0.25) is 19.1 Å². The molecule has 0 aliphatic rings. The van der Waals surface area contributed by atoms with E-state index in [0.29, 0.717) is 27.5 Å². The maximum absolute atomic E-state index is 13.6. The van der Waals surface area contributed by atoms with Crippen LogP contribution in [-0.4, -0.2) is 34.7 Å². The molecule has 198 valence electrons. The molecule has 2 heterocycles. The predicted molar refractivity (Wildman–Crippen MR) is 146 cm³/mol. The standard InChI is InChI=1S/C28H24N4O5S2/c1-18-5-4-6-22(13-18)32-19(2)26(38(35)23-10-7-20(15-29)8-11-23)14-25(28(32)34)27(33)31-16-21-9-12-24(17-30-21)39(3,36)37/h4-14,17H,16H2,1-3H3,(H,31,33). The maximum Gasteiger partial charge on any atom is 0.268 e. The highest BCUT2D eigenvalue weighted by molar-refractivity contribution is 7.91. The van der Waals surface area contributed by atoms with Crippen LogP contribution in [-0.2, 0) is 27.6 Å². The number of sulfone groups is 1. The van der Waals surface area contributed by atoms with Crippen molar-refractivity contribution < 1.29 is 17.8 Å². The molecule has 0 bridgehead atoms. The number of nitrogens with zero attached hydrogens (tertiary/aromatic N) is 3. The van der Waals surface area contributed by atoms with Gasteiger partial charge in [0.2, 0.25) is 0 Å². The van der Waals surface area contributed by atoms with E-state index in [1.807, 2.05) is 19.1 Å². The molecule has 11 heteroatoms. The van der Waals surface area contributed by atoms with Gasteiger partial charge in [0.25, 0.3) is 11.5 Å². The van der Waals surface area contributed by atoms with Crippen LogP contribution in [0.1, 0.15) is 32.9 Å². The molecular formula is C28H24N4O5S2. The van der Waals surface area contributed by atoms with E-state index in [0.717, 1.165) is 11.8 Å². The summed E-state index contributed by atoms with van der Waals surface area (Å²) < 4.78 is 38.3. The van der Waals surface area contributed by atoms with Gasteiger partial charge in [-0.15, -0.1) is 0 Å². The van der Waals surface area contributed by atoms with Crippen molar-refractivity contribution in [1.29, 1.82) is 5.26 Å². The Morgan fingerprint density at radius 1 is 1.10 bits per heavy atom. The zero-order valence-electron chi connectivity index (χ0n) is 21.3. The summed E-state index contributed by atoms with van der Waals surface area (Å²) in [5.74, 6) is -0.700. The summed E-state index contributed by atoms with van der Waals surface area (Å²) in [4.78, 5) is 31.6. The number of aromatic nitrogens is 2. The second-order valence-corrected chi connectivity index (χ2v) is 12.3. The molecule has 39 heavy (non-hydrogen) atoms. The molecule has 4 rings (SSSR count). The SMILES string of the molecule is Cc1cccc(-n2c(C)c([S+]([O-])c3ccc(C#N)cc3)cc(C(=O)NCc3ccc(S(C)(=O)=O)cn3)c2=O)c1. The highest BCUT2D eigenvalue weighted by Crippen LogP contribution is 2.26. The average Bonchev–Trinajstić information content (AvgIpc) is 2.91. The van der Waals surface area contributed by atoms with Gasteiger partial charge in [0, 0.05) is 35.4 Å². The molecule has 9 nitrogen and oxygen atoms in total. The molecule has 1 amide bonds. The Morgan fingerprint density at radius 3 is 2.41 bits per heavy atom. The van der Waals surface area contributed by atoms with Gasteiger partial charge < -0.3 is 9.87 Å². The third-order valence-electron chi connectivity index (χ3n) is 5.96. The number of rotatable bonds is 7. The van der Waals surface area contributed by atoms with Gasteiger partial charge in [-0.2, -0.15) is 5.26 Å². The van der Waals surface area contributed by atoms with E-state index in [-0.39, 0.29) is 21.9 Å². The number of carbonyl (C=O) groups is 1. The van der Waals surface area contributed by atoms with E-state index in [2.05, 4.69) is 10.3 Å². The average molecular weight is 561 g/mol. The first kappa shape index (κ1) is 27.8. The molecule has 1 unspecified atom stereocenters. The second-order valence-electron chi connectivity index (χ2n) is 8.83. The summed E-state index contributed by atoms with van der Waals surface area (Å²) in [7, 11) is -3.42. The molecule has 0 saturated carbocycles. The molecule has 0 aliphatic carbocycles. The lowest BCUT2D eigenvalue weighted by atomic mass is 10.1. The molecule has 2 aromatic heterocycles. The van der Waals surface area contributed by atoms with Gasteiger partial charge in [0.15, 0.2) is 19.6 Å². The third kappa shape index (κ3) is 6.09. The van der Waals surface area contributed by atoms with E-state index in [4.69, 9.17) is 5.26 Å². The van der Waals surface area contributed by atoms with Crippen LogP contribution in [0.15, 0.2) is 92.4 Å². The van der Waals surface area contributed by atoms with Gasteiger partial charge in [0.1, 0.15) is 5.56 Å². The van der Waals surface area contributed by atoms with Crippen LogP contribution in [0.4, 0.5) is 0 Å². The Kier molecular flexibility index (Phi) is 8.01. The van der Waals surface area contributed by atoms with Crippen LogP contribution >= 0.6 is 0 Å². The Hall–Kier alpha value is -4.24. The first-order valence-electron chi connectivity index (χ1n) is 11.7. The minimum absolute atomic E-state index is 0.0482. The Bertz CT molecular complexity index is 1760. The zero-order chi connectivity index (χ0) is 28.3. The number of nitrogens with one attached hydrogen (secondary N) is 1. The van der Waals surface area contributed by atoms with E-state index >= 15 is 0 Å². The first-order valence-corrected chi connectivity index (χ1v) is 14.7. The van der Waals surface area contributed by atoms with Crippen LogP contribution in [0.3, 0.4) is 0 Å². The maximum atomic E-state index is 13.6. The van der Waals surface area contributed by atoms with E-state index in [9.17, 15) is 22.6 Å². The fourth-order valence-corrected chi connectivity index (χ4v) is 5.67. The van der Waals surface area contributed by atoms with Crippen molar-refractivity contribution in [3.63, 3.8) is 0 Å². The predicted octanol–water partition coefficient (Wildman–Crippen LogP) is 3.22. The van der Waals surface area contributed by atoms with Gasteiger partial charge in [-0.05, 0) is 67.9 Å². The van der Waals surface area contributed by atoms with Crippen molar-refractivity contribution in [1.82, 2.24) is 14.9 Å². The summed E-state index contributed by atoms with van der Waals surface area (Å²) in [6.45, 7) is 3.47. The molecular weight excluding hydrogens is 536 g/mol. The largest absolute Gasteiger partial charge is 0.606 e. The fraction of sp³-hybridized carbons (Fsp3) is 0.143. The van der Waals surface area contributed by atoms with Gasteiger partial charge in [-0.25, -0.2) is 8.42 Å². The molecule has 0 saturated heterocycles. The number of benzene rings is 2. The number of amides is 1. The molecule has 1 atom stereocenters. The van der Waals surface area contributed by atoms with Crippen molar-refractivity contribution in [3.05, 3.63) is 111 Å². The molecule has 2 aromatic carbocycles. The number of hydrogen-bond donors (Lipinski definition) is 1. The van der Waals surface area contributed by atoms with Crippen molar-refractivity contribution in [2.45, 2.75) is 35.1 Å². The highest BCUT2D eigenvalue weighted by Gasteiger charge is 2.26. The van der Waals surface area contributed by atoms with Crippen molar-refractivity contribution in [2.24, 2.45) is 0 Å². The Labute approximate surface area is 228 Å². The zero-order valence-corrected chi connectivity index (χ0v) is 23.0. The number of nitriles is 1. The topological polar surface area (TPSA) is 145 Å². The van der Waals surface area contributed by atoms with Gasteiger partial charge in [-0.1, -0.05) is 12.1 Å². The summed E-state index contributed by atoms with van der Waals surface area (Å²) in [6.07, 6.45) is 2.27. The second kappa shape index (κ2) is 11.2. The lowest BCUT2D eigenvalue weighted by molar-refractivity contribution is 0.0948. The van der Waals surface area contributed by atoms with Crippen LogP contribution in [0, 0.1) is 25.2 Å². The van der Waals surface area contributed by atoms with Crippen LogP contribution in [0.2, 0.25) is 0 Å². The number of aryl methyl sites for hydroxylation is 1. The normalized spacial score (nSPS) is 12.0. The van der Waals surface area contributed by atoms with Crippen LogP contribution < -0.4 is 10.9 Å². The Morgan fingerprint density at radius 2 is 1.82 bits per heavy atom. The Balaban J connectivity index is 1.75. The lowest BCUT2D eigenvalue weighted by Gasteiger charge is -2.18. The van der Waals surface area contributed by atoms with Crippen molar-refractivity contribution >= 4 is 26.9 Å². The molecule has 0 radical (unpaired) electrons. The van der Waals surface area contributed by atoms with Crippen LogP contribution in [0.25, 0.3) is 5.69 Å². The molecule has 4 aromatic rings. The summed E-state index contributed by atoms with van der Waals surface area (Å²) in [5.41, 5.74) is 1.82. The fourth-order valence-electron chi connectivity index (χ4n) is 3.89. The smallest absolute Gasteiger partial charge is 0.268 e. The van der Waals surface area contributed by atoms with Gasteiger partial charge in [0.05, 0.1) is 34.5 Å². The first-order chi connectivity index (χ1) is 18.5. The van der Waals surface area contributed by atoms with Crippen LogP contribution in [0.5, 0.6) is 0 Å². The highest BCUT2D eigenvalue weighted by atomic mass is 32.2. The quantitative estimate of drug-likeness (QED) is 0.342. The molecule has 1 N–H and O–H groups in total. The molecule has 0 spiro atoms. The molecule has 0 aliphatic heterocycles. The number of carbonyl (C=O) groups excluding carboxylic acids is 1. The minimum Gasteiger partial charge on any atom is -0.606 e.